The Kier molecular flexibility index (Phi) is 5.63. The van der Waals surface area contributed by atoms with E-state index in [1.165, 1.54) is 11.8 Å². The van der Waals surface area contributed by atoms with Crippen molar-refractivity contribution < 1.29 is 14.7 Å². The standard InChI is InChI=1S/C16H17NO3S2/c1-11(16(19)20)22-14-8-4-3-7-13(14)15(18)17(2)10-12-6-5-9-21-12/h3-9,11H,10H2,1-2H3,(H,19,20). The van der Waals surface area contributed by atoms with Gasteiger partial charge in [0, 0.05) is 16.8 Å². The molecule has 0 radical (unpaired) electrons. The predicted molar refractivity (Wildman–Crippen MR) is 89.5 cm³/mol. The molecule has 0 fully saturated rings. The molecule has 0 saturated heterocycles. The van der Waals surface area contributed by atoms with Gasteiger partial charge < -0.3 is 10.0 Å². The van der Waals surface area contributed by atoms with Crippen molar-refractivity contribution in [3.8, 4) is 0 Å². The van der Waals surface area contributed by atoms with Crippen LogP contribution >= 0.6 is 23.1 Å². The summed E-state index contributed by atoms with van der Waals surface area (Å²) in [6.07, 6.45) is 0. The third kappa shape index (κ3) is 4.11. The number of aliphatic carboxylic acids is 1. The predicted octanol–water partition coefficient (Wildman–Crippen LogP) is 3.59. The van der Waals surface area contributed by atoms with Crippen LogP contribution < -0.4 is 0 Å². The van der Waals surface area contributed by atoms with Crippen LogP contribution in [0.25, 0.3) is 0 Å². The summed E-state index contributed by atoms with van der Waals surface area (Å²) in [5.41, 5.74) is 0.541. The Morgan fingerprint density at radius 2 is 2.00 bits per heavy atom. The Hall–Kier alpha value is -1.79. The lowest BCUT2D eigenvalue weighted by Crippen LogP contribution is -2.26. The first-order valence-electron chi connectivity index (χ1n) is 6.75. The van der Waals surface area contributed by atoms with Crippen LogP contribution in [0, 0.1) is 0 Å². The molecule has 0 bridgehead atoms. The van der Waals surface area contributed by atoms with Crippen molar-refractivity contribution in [2.45, 2.75) is 23.6 Å². The van der Waals surface area contributed by atoms with Crippen molar-refractivity contribution in [3.05, 3.63) is 52.2 Å². The molecule has 0 aliphatic rings. The maximum absolute atomic E-state index is 12.6. The summed E-state index contributed by atoms with van der Waals surface area (Å²) in [6, 6.07) is 11.1. The highest BCUT2D eigenvalue weighted by Gasteiger charge is 2.20. The molecule has 1 atom stereocenters. The largest absolute Gasteiger partial charge is 0.480 e. The number of thiophene rings is 1. The minimum Gasteiger partial charge on any atom is -0.480 e. The number of nitrogens with zero attached hydrogens (tertiary/aromatic N) is 1. The minimum atomic E-state index is -0.890. The van der Waals surface area contributed by atoms with Gasteiger partial charge in [-0.15, -0.1) is 23.1 Å². The number of carboxylic acid groups (broad SMARTS) is 1. The molecule has 22 heavy (non-hydrogen) atoms. The average Bonchev–Trinajstić information content (AvgIpc) is 2.99. The molecule has 1 amide bonds. The van der Waals surface area contributed by atoms with E-state index < -0.39 is 11.2 Å². The third-order valence-corrected chi connectivity index (χ3v) is 5.12. The van der Waals surface area contributed by atoms with Crippen molar-refractivity contribution in [2.75, 3.05) is 7.05 Å². The zero-order valence-corrected chi connectivity index (χ0v) is 14.0. The fourth-order valence-corrected chi connectivity index (χ4v) is 3.58. The highest BCUT2D eigenvalue weighted by Crippen LogP contribution is 2.28. The molecule has 1 unspecified atom stereocenters. The van der Waals surface area contributed by atoms with Crippen molar-refractivity contribution in [2.24, 2.45) is 0 Å². The summed E-state index contributed by atoms with van der Waals surface area (Å²) in [5, 5.41) is 10.4. The minimum absolute atomic E-state index is 0.103. The van der Waals surface area contributed by atoms with Crippen molar-refractivity contribution in [1.82, 2.24) is 4.90 Å². The van der Waals surface area contributed by atoms with Crippen LogP contribution in [-0.4, -0.2) is 34.2 Å². The van der Waals surface area contributed by atoms with E-state index in [4.69, 9.17) is 5.11 Å². The van der Waals surface area contributed by atoms with Gasteiger partial charge >= 0.3 is 5.97 Å². The van der Waals surface area contributed by atoms with E-state index in [1.54, 1.807) is 48.4 Å². The van der Waals surface area contributed by atoms with Crippen molar-refractivity contribution in [3.63, 3.8) is 0 Å². The number of hydrogen-bond donors (Lipinski definition) is 1. The van der Waals surface area contributed by atoms with E-state index in [-0.39, 0.29) is 5.91 Å². The molecule has 2 rings (SSSR count). The van der Waals surface area contributed by atoms with Gasteiger partial charge in [-0.25, -0.2) is 0 Å². The molecular formula is C16H17NO3S2. The number of carbonyl (C=O) groups excluding carboxylic acids is 1. The van der Waals surface area contributed by atoms with Crippen LogP contribution in [0.2, 0.25) is 0 Å². The highest BCUT2D eigenvalue weighted by molar-refractivity contribution is 8.00. The Labute approximate surface area is 137 Å². The molecule has 0 spiro atoms. The second-order valence-electron chi connectivity index (χ2n) is 4.84. The van der Waals surface area contributed by atoms with Gasteiger partial charge in [-0.2, -0.15) is 0 Å². The summed E-state index contributed by atoms with van der Waals surface area (Å²) in [4.78, 5) is 27.1. The lowest BCUT2D eigenvalue weighted by molar-refractivity contribution is -0.136. The molecule has 0 saturated carbocycles. The number of thioether (sulfide) groups is 1. The monoisotopic (exact) mass is 335 g/mol. The van der Waals surface area contributed by atoms with E-state index in [0.29, 0.717) is 17.0 Å². The second-order valence-corrected chi connectivity index (χ2v) is 7.25. The van der Waals surface area contributed by atoms with Gasteiger partial charge in [-0.1, -0.05) is 18.2 Å². The van der Waals surface area contributed by atoms with Gasteiger partial charge in [0.2, 0.25) is 0 Å². The molecule has 0 aliphatic heterocycles. The molecule has 1 heterocycles. The Morgan fingerprint density at radius 1 is 1.27 bits per heavy atom. The number of amides is 1. The second kappa shape index (κ2) is 7.47. The van der Waals surface area contributed by atoms with Crippen LogP contribution in [0.15, 0.2) is 46.7 Å². The quantitative estimate of drug-likeness (QED) is 0.820. The summed E-state index contributed by atoms with van der Waals surface area (Å²) in [5.74, 6) is -0.992. The van der Waals surface area contributed by atoms with E-state index in [0.717, 1.165) is 4.88 Å². The Morgan fingerprint density at radius 3 is 2.64 bits per heavy atom. The van der Waals surface area contributed by atoms with E-state index in [9.17, 15) is 9.59 Å². The first-order valence-corrected chi connectivity index (χ1v) is 8.51. The molecule has 1 aromatic carbocycles. The number of rotatable bonds is 6. The molecule has 116 valence electrons. The maximum atomic E-state index is 12.6. The maximum Gasteiger partial charge on any atom is 0.316 e. The fourth-order valence-electron chi connectivity index (χ4n) is 1.90. The molecule has 6 heteroatoms. The van der Waals surface area contributed by atoms with Gasteiger partial charge in [0.1, 0.15) is 5.25 Å². The van der Waals surface area contributed by atoms with Gasteiger partial charge in [0.05, 0.1) is 12.1 Å². The molecule has 1 aromatic heterocycles. The van der Waals surface area contributed by atoms with Crippen LogP contribution in [-0.2, 0) is 11.3 Å². The zero-order valence-electron chi connectivity index (χ0n) is 12.4. The molecule has 1 N–H and O–H groups in total. The Balaban J connectivity index is 2.16. The SMILES string of the molecule is CC(Sc1ccccc1C(=O)N(C)Cc1cccs1)C(=O)O. The first-order chi connectivity index (χ1) is 10.5. The fraction of sp³-hybridized carbons (Fsp3) is 0.250. The van der Waals surface area contributed by atoms with E-state index >= 15 is 0 Å². The average molecular weight is 335 g/mol. The van der Waals surface area contributed by atoms with Crippen LogP contribution in [0.3, 0.4) is 0 Å². The van der Waals surface area contributed by atoms with Crippen LogP contribution in [0.5, 0.6) is 0 Å². The summed E-state index contributed by atoms with van der Waals surface area (Å²) in [7, 11) is 1.75. The summed E-state index contributed by atoms with van der Waals surface area (Å²) >= 11 is 2.79. The number of hydrogen-bond acceptors (Lipinski definition) is 4. The summed E-state index contributed by atoms with van der Waals surface area (Å²) < 4.78 is 0. The van der Waals surface area contributed by atoms with E-state index in [2.05, 4.69) is 0 Å². The van der Waals surface area contributed by atoms with Crippen molar-refractivity contribution >= 4 is 35.0 Å². The normalized spacial score (nSPS) is 11.9. The van der Waals surface area contributed by atoms with Gasteiger partial charge in [-0.05, 0) is 30.5 Å². The number of carboxylic acids is 1. The number of benzene rings is 1. The van der Waals surface area contributed by atoms with Gasteiger partial charge in [-0.3, -0.25) is 9.59 Å². The summed E-state index contributed by atoms with van der Waals surface area (Å²) in [6.45, 7) is 2.16. The zero-order chi connectivity index (χ0) is 16.1. The molecule has 0 aliphatic carbocycles. The smallest absolute Gasteiger partial charge is 0.316 e. The van der Waals surface area contributed by atoms with E-state index in [1.807, 2.05) is 23.6 Å². The first kappa shape index (κ1) is 16.6. The van der Waals surface area contributed by atoms with Crippen molar-refractivity contribution in [1.29, 1.82) is 0 Å². The highest BCUT2D eigenvalue weighted by atomic mass is 32.2. The van der Waals surface area contributed by atoms with Crippen LogP contribution in [0.1, 0.15) is 22.2 Å². The van der Waals surface area contributed by atoms with Crippen LogP contribution in [0.4, 0.5) is 0 Å². The Bertz CT molecular complexity index is 655. The lowest BCUT2D eigenvalue weighted by atomic mass is 10.2. The lowest BCUT2D eigenvalue weighted by Gasteiger charge is -2.18. The van der Waals surface area contributed by atoms with Gasteiger partial charge in [0.15, 0.2) is 0 Å². The molecule has 4 nitrogen and oxygen atoms in total. The number of carbonyl (C=O) groups is 2. The molecule has 2 aromatic rings. The molecular weight excluding hydrogens is 318 g/mol. The third-order valence-electron chi connectivity index (χ3n) is 3.09. The topological polar surface area (TPSA) is 57.6 Å². The van der Waals surface area contributed by atoms with Gasteiger partial charge in [0.25, 0.3) is 5.91 Å².